The van der Waals surface area contributed by atoms with E-state index in [1.54, 1.807) is 7.11 Å². The first kappa shape index (κ1) is 18.1. The average molecular weight is 405 g/mol. The number of hydrazone groups is 1. The quantitative estimate of drug-likeness (QED) is 0.545. The summed E-state index contributed by atoms with van der Waals surface area (Å²) in [6.07, 6.45) is 0.504. The van der Waals surface area contributed by atoms with E-state index in [-0.39, 0.29) is 12.3 Å². The van der Waals surface area contributed by atoms with Crippen molar-refractivity contribution in [3.63, 3.8) is 0 Å². The van der Waals surface area contributed by atoms with Gasteiger partial charge in [-0.3, -0.25) is 0 Å². The molecule has 0 spiro atoms. The van der Waals surface area contributed by atoms with Crippen LogP contribution in [0, 0.1) is 6.92 Å². The maximum Gasteiger partial charge on any atom is 0.213 e. The molecule has 0 aromatic heterocycles. The Morgan fingerprint density at radius 1 is 1.07 bits per heavy atom. The maximum atomic E-state index is 6.39. The fourth-order valence-electron chi connectivity index (χ4n) is 3.99. The van der Waals surface area contributed by atoms with Crippen molar-refractivity contribution in [2.45, 2.75) is 25.6 Å². The molecule has 2 aliphatic heterocycles. The van der Waals surface area contributed by atoms with Gasteiger partial charge < -0.3 is 9.47 Å². The highest BCUT2D eigenvalue weighted by Crippen LogP contribution is 2.48. The fourth-order valence-corrected chi connectivity index (χ4v) is 4.17. The molecular weight excluding hydrogens is 384 g/mol. The third kappa shape index (κ3) is 3.23. The monoisotopic (exact) mass is 404 g/mol. The second kappa shape index (κ2) is 7.12. The number of ether oxygens (including phenoxy) is 2. The minimum Gasteiger partial charge on any atom is -0.497 e. The normalized spacial score (nSPS) is 19.8. The standard InChI is InChI=1S/C24H21ClN2O2/c1-15-6-8-16(9-7-15)24-27-22(20-13-18(25)10-11-23(20)29-24)14-21(26-27)17-4-3-5-19(12-17)28-2/h3-13,22,24H,14H2,1-2H3/t22-,24+/m0/s1. The molecule has 0 saturated carbocycles. The van der Waals surface area contributed by atoms with Gasteiger partial charge in [0.15, 0.2) is 0 Å². The van der Waals surface area contributed by atoms with Crippen LogP contribution in [0.1, 0.15) is 40.9 Å². The molecule has 0 radical (unpaired) electrons. The first-order valence-corrected chi connectivity index (χ1v) is 10.0. The summed E-state index contributed by atoms with van der Waals surface area (Å²) in [4.78, 5) is 0. The van der Waals surface area contributed by atoms with E-state index < -0.39 is 0 Å². The lowest BCUT2D eigenvalue weighted by Gasteiger charge is -2.38. The Morgan fingerprint density at radius 3 is 2.69 bits per heavy atom. The second-order valence-corrected chi connectivity index (χ2v) is 7.88. The summed E-state index contributed by atoms with van der Waals surface area (Å²) in [6, 6.07) is 22.4. The van der Waals surface area contributed by atoms with Crippen molar-refractivity contribution in [3.05, 3.63) is 94.0 Å². The minimum atomic E-state index is -0.280. The van der Waals surface area contributed by atoms with Crippen molar-refractivity contribution < 1.29 is 9.47 Å². The van der Waals surface area contributed by atoms with Crippen molar-refractivity contribution in [1.29, 1.82) is 0 Å². The fraction of sp³-hybridized carbons (Fsp3) is 0.208. The number of fused-ring (bicyclic) bond motifs is 3. The molecule has 4 nitrogen and oxygen atoms in total. The SMILES string of the molecule is COc1cccc(C2=NN3[C@@H](c4ccc(C)cc4)Oc4ccc(Cl)cc4[C@@H]3C2)c1. The highest BCUT2D eigenvalue weighted by Gasteiger charge is 2.41. The molecule has 0 unspecified atom stereocenters. The topological polar surface area (TPSA) is 34.1 Å². The van der Waals surface area contributed by atoms with Gasteiger partial charge in [0.05, 0.1) is 18.9 Å². The van der Waals surface area contributed by atoms with Gasteiger partial charge in [-0.05, 0) is 37.3 Å². The van der Waals surface area contributed by atoms with E-state index in [2.05, 4.69) is 42.3 Å². The van der Waals surface area contributed by atoms with E-state index in [0.717, 1.165) is 40.3 Å². The van der Waals surface area contributed by atoms with Gasteiger partial charge in [0.2, 0.25) is 6.23 Å². The number of benzene rings is 3. The van der Waals surface area contributed by atoms with Crippen molar-refractivity contribution in [3.8, 4) is 11.5 Å². The van der Waals surface area contributed by atoms with Gasteiger partial charge in [-0.25, -0.2) is 5.01 Å². The molecule has 5 rings (SSSR count). The molecule has 0 saturated heterocycles. The molecule has 3 aromatic carbocycles. The number of rotatable bonds is 3. The van der Waals surface area contributed by atoms with E-state index in [1.807, 2.05) is 36.4 Å². The van der Waals surface area contributed by atoms with Gasteiger partial charge in [0.1, 0.15) is 11.5 Å². The van der Waals surface area contributed by atoms with Gasteiger partial charge in [-0.1, -0.05) is 53.6 Å². The molecule has 2 heterocycles. The van der Waals surface area contributed by atoms with E-state index in [1.165, 1.54) is 5.56 Å². The van der Waals surface area contributed by atoms with Crippen LogP contribution in [0.5, 0.6) is 11.5 Å². The first-order chi connectivity index (χ1) is 14.1. The van der Waals surface area contributed by atoms with Crippen LogP contribution in [-0.2, 0) is 0 Å². The summed E-state index contributed by atoms with van der Waals surface area (Å²) in [7, 11) is 1.68. The number of hydrogen-bond acceptors (Lipinski definition) is 4. The first-order valence-electron chi connectivity index (χ1n) is 9.65. The minimum absolute atomic E-state index is 0.0740. The third-order valence-corrected chi connectivity index (χ3v) is 5.75. The van der Waals surface area contributed by atoms with E-state index in [0.29, 0.717) is 5.02 Å². The van der Waals surface area contributed by atoms with Gasteiger partial charge in [-0.15, -0.1) is 0 Å². The molecule has 0 bridgehead atoms. The molecule has 0 aliphatic carbocycles. The molecule has 3 aromatic rings. The Labute approximate surface area is 175 Å². The van der Waals surface area contributed by atoms with Gasteiger partial charge in [0.25, 0.3) is 0 Å². The Bertz CT molecular complexity index is 1090. The molecule has 2 aliphatic rings. The van der Waals surface area contributed by atoms with Crippen molar-refractivity contribution in [1.82, 2.24) is 5.01 Å². The van der Waals surface area contributed by atoms with Crippen LogP contribution in [-0.4, -0.2) is 17.8 Å². The van der Waals surface area contributed by atoms with Crippen LogP contribution in [0.3, 0.4) is 0 Å². The second-order valence-electron chi connectivity index (χ2n) is 7.44. The zero-order valence-corrected chi connectivity index (χ0v) is 17.1. The lowest BCUT2D eigenvalue weighted by atomic mass is 9.95. The highest BCUT2D eigenvalue weighted by atomic mass is 35.5. The highest BCUT2D eigenvalue weighted by molar-refractivity contribution is 6.30. The number of nitrogens with zero attached hydrogens (tertiary/aromatic N) is 2. The van der Waals surface area contributed by atoms with Gasteiger partial charge >= 0.3 is 0 Å². The lowest BCUT2D eigenvalue weighted by molar-refractivity contribution is -0.0190. The lowest BCUT2D eigenvalue weighted by Crippen LogP contribution is -2.33. The van der Waals surface area contributed by atoms with Crippen LogP contribution < -0.4 is 9.47 Å². The summed E-state index contributed by atoms with van der Waals surface area (Å²) in [6.45, 7) is 2.08. The average Bonchev–Trinajstić information content (AvgIpc) is 3.20. The molecular formula is C24H21ClN2O2. The zero-order valence-electron chi connectivity index (χ0n) is 16.3. The van der Waals surface area contributed by atoms with Gasteiger partial charge in [-0.2, -0.15) is 5.10 Å². The van der Waals surface area contributed by atoms with Crippen LogP contribution in [0.25, 0.3) is 0 Å². The zero-order chi connectivity index (χ0) is 20.0. The third-order valence-electron chi connectivity index (χ3n) is 5.52. The van der Waals surface area contributed by atoms with Crippen LogP contribution >= 0.6 is 11.6 Å². The number of aryl methyl sites for hydroxylation is 1. The Balaban J connectivity index is 1.59. The van der Waals surface area contributed by atoms with Crippen LogP contribution in [0.15, 0.2) is 71.8 Å². The van der Waals surface area contributed by atoms with Crippen LogP contribution in [0.2, 0.25) is 5.02 Å². The smallest absolute Gasteiger partial charge is 0.213 e. The summed E-state index contributed by atoms with van der Waals surface area (Å²) in [5.41, 5.74) is 5.45. The Hall–Kier alpha value is -2.98. The maximum absolute atomic E-state index is 6.39. The number of hydrogen-bond donors (Lipinski definition) is 0. The summed E-state index contributed by atoms with van der Waals surface area (Å²) >= 11 is 6.30. The van der Waals surface area contributed by atoms with E-state index in [9.17, 15) is 0 Å². The van der Waals surface area contributed by atoms with Gasteiger partial charge in [0, 0.05) is 28.1 Å². The molecule has 0 fully saturated rings. The van der Waals surface area contributed by atoms with Crippen molar-refractivity contribution in [2.75, 3.05) is 7.11 Å². The number of halogens is 1. The van der Waals surface area contributed by atoms with Crippen molar-refractivity contribution >= 4 is 17.3 Å². The summed E-state index contributed by atoms with van der Waals surface area (Å²) in [5.74, 6) is 1.69. The predicted octanol–water partition coefficient (Wildman–Crippen LogP) is 5.90. The molecule has 2 atom stereocenters. The van der Waals surface area contributed by atoms with Crippen molar-refractivity contribution in [2.24, 2.45) is 5.10 Å². The molecule has 29 heavy (non-hydrogen) atoms. The summed E-state index contributed by atoms with van der Waals surface area (Å²) < 4.78 is 11.8. The molecule has 146 valence electrons. The Morgan fingerprint density at radius 2 is 1.90 bits per heavy atom. The largest absolute Gasteiger partial charge is 0.497 e. The van der Waals surface area contributed by atoms with Crippen LogP contribution in [0.4, 0.5) is 0 Å². The number of methoxy groups -OCH3 is 1. The molecule has 5 heteroatoms. The van der Waals surface area contributed by atoms with E-state index >= 15 is 0 Å². The van der Waals surface area contributed by atoms with E-state index in [4.69, 9.17) is 26.2 Å². The summed E-state index contributed by atoms with van der Waals surface area (Å²) in [5, 5.41) is 7.76. The predicted molar refractivity (Wildman–Crippen MR) is 115 cm³/mol. The Kier molecular flexibility index (Phi) is 4.44. The molecule has 0 amide bonds. The molecule has 0 N–H and O–H groups in total.